The molecule has 2 aromatic rings. The van der Waals surface area contributed by atoms with Crippen molar-refractivity contribution in [3.8, 4) is 5.75 Å². The van der Waals surface area contributed by atoms with E-state index in [1.54, 1.807) is 12.1 Å². The Labute approximate surface area is 160 Å². The van der Waals surface area contributed by atoms with Crippen LogP contribution in [-0.2, 0) is 6.54 Å². The summed E-state index contributed by atoms with van der Waals surface area (Å²) in [5.41, 5.74) is 0.924. The second-order valence-electron chi connectivity index (χ2n) is 6.55. The Hall–Kier alpha value is -2.57. The summed E-state index contributed by atoms with van der Waals surface area (Å²) in [6.07, 6.45) is 0.677. The van der Waals surface area contributed by atoms with Gasteiger partial charge in [0.15, 0.2) is 11.7 Å². The molecule has 1 atom stereocenters. The lowest BCUT2D eigenvalue weighted by molar-refractivity contribution is 0.198. The molecular weight excluding hydrogens is 347 g/mol. The van der Waals surface area contributed by atoms with Crippen LogP contribution in [0.2, 0.25) is 0 Å². The van der Waals surface area contributed by atoms with E-state index in [9.17, 15) is 4.39 Å². The lowest BCUT2D eigenvalue weighted by atomic mass is 10.1. The molecule has 0 saturated carbocycles. The molecule has 0 spiro atoms. The van der Waals surface area contributed by atoms with Crippen LogP contribution < -0.4 is 15.4 Å². The van der Waals surface area contributed by atoms with E-state index in [-0.39, 0.29) is 11.9 Å². The van der Waals surface area contributed by atoms with Crippen molar-refractivity contribution in [1.29, 1.82) is 0 Å². The van der Waals surface area contributed by atoms with Crippen LogP contribution in [0.5, 0.6) is 5.75 Å². The van der Waals surface area contributed by atoms with Crippen LogP contribution in [0.4, 0.5) is 4.39 Å². The fourth-order valence-electron chi connectivity index (χ4n) is 2.39. The Morgan fingerprint density at radius 1 is 1.26 bits per heavy atom. The molecule has 27 heavy (non-hydrogen) atoms. The molecule has 0 radical (unpaired) electrons. The van der Waals surface area contributed by atoms with Crippen LogP contribution in [0, 0.1) is 5.82 Å². The summed E-state index contributed by atoms with van der Waals surface area (Å²) in [5, 5.41) is 10.5. The fraction of sp³-hybridized carbons (Fsp3) is 0.500. The second kappa shape index (κ2) is 10.5. The van der Waals surface area contributed by atoms with Gasteiger partial charge < -0.3 is 19.9 Å². The number of hydrogen-bond donors (Lipinski definition) is 2. The van der Waals surface area contributed by atoms with E-state index in [4.69, 9.17) is 9.26 Å². The standard InChI is InChI=1S/C20H29FN4O2/c1-5-16(26-17-9-7-8-15(21)10-17)12-23-20(22-6-2)24-13-18-11-19(14(3)4)25-27-18/h7-11,14,16H,5-6,12-13H2,1-4H3,(H2,22,23,24). The monoisotopic (exact) mass is 376 g/mol. The minimum absolute atomic E-state index is 0.103. The normalized spacial score (nSPS) is 12.9. The number of halogens is 1. The highest BCUT2D eigenvalue weighted by atomic mass is 19.1. The number of ether oxygens (including phenoxy) is 1. The summed E-state index contributed by atoms with van der Waals surface area (Å²) in [6, 6.07) is 8.11. The van der Waals surface area contributed by atoms with Crippen molar-refractivity contribution in [3.05, 3.63) is 47.6 Å². The van der Waals surface area contributed by atoms with Crippen LogP contribution >= 0.6 is 0 Å². The van der Waals surface area contributed by atoms with E-state index in [0.29, 0.717) is 30.7 Å². The summed E-state index contributed by atoms with van der Waals surface area (Å²) in [5.74, 6) is 1.93. The maximum Gasteiger partial charge on any atom is 0.191 e. The number of aromatic nitrogens is 1. The average molecular weight is 376 g/mol. The largest absolute Gasteiger partial charge is 0.489 e. The van der Waals surface area contributed by atoms with Crippen molar-refractivity contribution in [2.24, 2.45) is 4.99 Å². The van der Waals surface area contributed by atoms with Gasteiger partial charge in [0, 0.05) is 18.7 Å². The number of nitrogens with zero attached hydrogens (tertiary/aromatic N) is 2. The van der Waals surface area contributed by atoms with Crippen molar-refractivity contribution in [2.45, 2.75) is 52.7 Å². The molecule has 6 nitrogen and oxygen atoms in total. The first-order valence-electron chi connectivity index (χ1n) is 9.41. The van der Waals surface area contributed by atoms with Gasteiger partial charge in [-0.05, 0) is 31.4 Å². The second-order valence-corrected chi connectivity index (χ2v) is 6.55. The Balaban J connectivity index is 1.92. The van der Waals surface area contributed by atoms with Crippen LogP contribution in [0.15, 0.2) is 39.8 Å². The third-order valence-corrected chi connectivity index (χ3v) is 3.96. The maximum absolute atomic E-state index is 13.3. The average Bonchev–Trinajstić information content (AvgIpc) is 3.12. The predicted octanol–water partition coefficient (Wildman–Crippen LogP) is 3.85. The molecule has 2 N–H and O–H groups in total. The molecule has 7 heteroatoms. The molecule has 1 aromatic carbocycles. The zero-order valence-corrected chi connectivity index (χ0v) is 16.5. The van der Waals surface area contributed by atoms with E-state index in [0.717, 1.165) is 24.4 Å². The molecular formula is C20H29FN4O2. The van der Waals surface area contributed by atoms with Gasteiger partial charge in [0.25, 0.3) is 0 Å². The van der Waals surface area contributed by atoms with Gasteiger partial charge in [-0.1, -0.05) is 32.0 Å². The number of benzene rings is 1. The summed E-state index contributed by atoms with van der Waals surface area (Å²) in [4.78, 5) is 4.53. The first kappa shape index (κ1) is 20.7. The molecule has 1 aromatic heterocycles. The SMILES string of the molecule is CCNC(=NCc1cc(C(C)C)no1)NCC(CC)Oc1cccc(F)c1. The zero-order chi connectivity index (χ0) is 19.6. The van der Waals surface area contributed by atoms with E-state index in [1.807, 2.05) is 19.9 Å². The summed E-state index contributed by atoms with van der Waals surface area (Å²) in [7, 11) is 0. The fourth-order valence-corrected chi connectivity index (χ4v) is 2.39. The van der Waals surface area contributed by atoms with Crippen LogP contribution in [0.25, 0.3) is 0 Å². The highest BCUT2D eigenvalue weighted by molar-refractivity contribution is 5.79. The van der Waals surface area contributed by atoms with E-state index >= 15 is 0 Å². The summed E-state index contributed by atoms with van der Waals surface area (Å²) >= 11 is 0. The minimum Gasteiger partial charge on any atom is -0.489 e. The Kier molecular flexibility index (Phi) is 8.10. The van der Waals surface area contributed by atoms with E-state index in [2.05, 4.69) is 34.6 Å². The van der Waals surface area contributed by atoms with Gasteiger partial charge in [-0.2, -0.15) is 0 Å². The number of hydrogen-bond acceptors (Lipinski definition) is 4. The predicted molar refractivity (Wildman–Crippen MR) is 105 cm³/mol. The number of nitrogens with one attached hydrogen (secondary N) is 2. The molecule has 0 aliphatic carbocycles. The first-order valence-corrected chi connectivity index (χ1v) is 9.41. The lowest BCUT2D eigenvalue weighted by Gasteiger charge is -2.20. The molecule has 0 amide bonds. The molecule has 0 fully saturated rings. The van der Waals surface area contributed by atoms with E-state index in [1.165, 1.54) is 12.1 Å². The molecule has 0 aliphatic rings. The highest BCUT2D eigenvalue weighted by Gasteiger charge is 2.11. The third kappa shape index (κ3) is 6.92. The molecule has 1 heterocycles. The summed E-state index contributed by atoms with van der Waals surface area (Å²) < 4.78 is 24.5. The highest BCUT2D eigenvalue weighted by Crippen LogP contribution is 2.15. The van der Waals surface area contributed by atoms with Gasteiger partial charge >= 0.3 is 0 Å². The first-order chi connectivity index (χ1) is 13.0. The van der Waals surface area contributed by atoms with Crippen LogP contribution in [0.1, 0.15) is 51.5 Å². The Bertz CT molecular complexity index is 730. The van der Waals surface area contributed by atoms with Gasteiger partial charge in [0.2, 0.25) is 0 Å². The molecule has 1 unspecified atom stereocenters. The molecule has 0 saturated heterocycles. The molecule has 148 valence electrons. The lowest BCUT2D eigenvalue weighted by Crippen LogP contribution is -2.42. The van der Waals surface area contributed by atoms with Crippen LogP contribution in [0.3, 0.4) is 0 Å². The van der Waals surface area contributed by atoms with Crippen molar-refractivity contribution >= 4 is 5.96 Å². The Morgan fingerprint density at radius 2 is 2.07 bits per heavy atom. The quantitative estimate of drug-likeness (QED) is 0.514. The number of aliphatic imine (C=N–C) groups is 1. The zero-order valence-electron chi connectivity index (χ0n) is 16.5. The maximum atomic E-state index is 13.3. The van der Waals surface area contributed by atoms with Gasteiger partial charge in [0.05, 0.1) is 12.2 Å². The van der Waals surface area contributed by atoms with Crippen LogP contribution in [-0.4, -0.2) is 30.3 Å². The van der Waals surface area contributed by atoms with Crippen molar-refractivity contribution in [1.82, 2.24) is 15.8 Å². The van der Waals surface area contributed by atoms with Crippen molar-refractivity contribution in [3.63, 3.8) is 0 Å². The summed E-state index contributed by atoms with van der Waals surface area (Å²) in [6.45, 7) is 9.85. The van der Waals surface area contributed by atoms with Gasteiger partial charge in [0.1, 0.15) is 24.2 Å². The topological polar surface area (TPSA) is 71.7 Å². The van der Waals surface area contributed by atoms with Gasteiger partial charge in [-0.3, -0.25) is 0 Å². The van der Waals surface area contributed by atoms with Crippen molar-refractivity contribution < 1.29 is 13.7 Å². The van der Waals surface area contributed by atoms with E-state index < -0.39 is 0 Å². The van der Waals surface area contributed by atoms with Gasteiger partial charge in [-0.25, -0.2) is 9.38 Å². The number of rotatable bonds is 9. The number of guanidine groups is 1. The molecule has 0 bridgehead atoms. The molecule has 2 rings (SSSR count). The third-order valence-electron chi connectivity index (χ3n) is 3.96. The molecule has 0 aliphatic heterocycles. The Morgan fingerprint density at radius 3 is 2.70 bits per heavy atom. The van der Waals surface area contributed by atoms with Gasteiger partial charge in [-0.15, -0.1) is 0 Å². The smallest absolute Gasteiger partial charge is 0.191 e. The van der Waals surface area contributed by atoms with Crippen molar-refractivity contribution in [2.75, 3.05) is 13.1 Å². The minimum atomic E-state index is -0.307.